The van der Waals surface area contributed by atoms with Crippen LogP contribution in [0.2, 0.25) is 0 Å². The fraction of sp³-hybridized carbons (Fsp3) is 0.643. The van der Waals surface area contributed by atoms with Crippen molar-refractivity contribution in [3.8, 4) is 0 Å². The van der Waals surface area contributed by atoms with E-state index in [1.165, 1.54) is 5.56 Å². The van der Waals surface area contributed by atoms with Crippen molar-refractivity contribution in [2.45, 2.75) is 32.9 Å². The molecule has 100 valence electrons. The summed E-state index contributed by atoms with van der Waals surface area (Å²) in [5.41, 5.74) is 1.42. The van der Waals surface area contributed by atoms with E-state index in [0.29, 0.717) is 0 Å². The summed E-state index contributed by atoms with van der Waals surface area (Å²) in [6.45, 7) is 10.9. The van der Waals surface area contributed by atoms with E-state index in [1.54, 1.807) is 0 Å². The molecule has 1 aliphatic rings. The monoisotopic (exact) mass is 249 g/mol. The van der Waals surface area contributed by atoms with Crippen LogP contribution in [0.15, 0.2) is 18.3 Å². The Morgan fingerprint density at radius 2 is 2.06 bits per heavy atom. The van der Waals surface area contributed by atoms with Crippen LogP contribution in [-0.2, 0) is 11.3 Å². The van der Waals surface area contributed by atoms with Crippen LogP contribution in [0.4, 0.5) is 5.82 Å². The van der Waals surface area contributed by atoms with Gasteiger partial charge in [0.1, 0.15) is 5.82 Å². The predicted octanol–water partition coefficient (Wildman–Crippen LogP) is 1.81. The largest absolute Gasteiger partial charge is 0.378 e. The van der Waals surface area contributed by atoms with Gasteiger partial charge in [0.05, 0.1) is 13.2 Å². The first-order chi connectivity index (χ1) is 8.54. The lowest BCUT2D eigenvalue weighted by atomic mass is 10.1. The fourth-order valence-electron chi connectivity index (χ4n) is 1.90. The molecule has 0 aliphatic carbocycles. The van der Waals surface area contributed by atoms with Crippen molar-refractivity contribution in [1.29, 1.82) is 0 Å². The minimum atomic E-state index is 0.141. The molecule has 1 fully saturated rings. The van der Waals surface area contributed by atoms with Crippen molar-refractivity contribution >= 4 is 5.82 Å². The first-order valence-corrected chi connectivity index (χ1v) is 6.57. The average molecular weight is 249 g/mol. The second kappa shape index (κ2) is 5.67. The zero-order valence-corrected chi connectivity index (χ0v) is 11.6. The van der Waals surface area contributed by atoms with Gasteiger partial charge in [0.2, 0.25) is 0 Å². The topological polar surface area (TPSA) is 37.4 Å². The number of hydrogen-bond donors (Lipinski definition) is 1. The van der Waals surface area contributed by atoms with Crippen LogP contribution in [-0.4, -0.2) is 36.8 Å². The number of rotatable bonds is 3. The molecule has 2 heterocycles. The molecule has 0 atom stereocenters. The Bertz CT molecular complexity index is 381. The number of ether oxygens (including phenoxy) is 1. The smallest absolute Gasteiger partial charge is 0.128 e. The minimum Gasteiger partial charge on any atom is -0.378 e. The van der Waals surface area contributed by atoms with E-state index in [-0.39, 0.29) is 5.54 Å². The standard InChI is InChI=1S/C14H23N3O/c1-14(2,3)16-11-12-4-5-15-13(10-12)17-6-8-18-9-7-17/h4-5,10,16H,6-9,11H2,1-3H3. The fourth-order valence-corrected chi connectivity index (χ4v) is 1.90. The maximum Gasteiger partial charge on any atom is 0.128 e. The molecule has 1 aromatic heterocycles. The van der Waals surface area contributed by atoms with Gasteiger partial charge in [-0.3, -0.25) is 0 Å². The summed E-state index contributed by atoms with van der Waals surface area (Å²) in [5, 5.41) is 3.50. The van der Waals surface area contributed by atoms with E-state index < -0.39 is 0 Å². The summed E-state index contributed by atoms with van der Waals surface area (Å²) in [4.78, 5) is 6.73. The molecule has 1 N–H and O–H groups in total. The highest BCUT2D eigenvalue weighted by molar-refractivity contribution is 5.41. The molecule has 18 heavy (non-hydrogen) atoms. The molecule has 0 unspecified atom stereocenters. The van der Waals surface area contributed by atoms with Crippen LogP contribution < -0.4 is 10.2 Å². The Labute approximate surface area is 109 Å². The van der Waals surface area contributed by atoms with E-state index in [0.717, 1.165) is 38.7 Å². The molecule has 0 bridgehead atoms. The Morgan fingerprint density at radius 3 is 2.72 bits per heavy atom. The Balaban J connectivity index is 2.00. The average Bonchev–Trinajstić information content (AvgIpc) is 2.37. The second-order valence-electron chi connectivity index (χ2n) is 5.73. The van der Waals surface area contributed by atoms with Crippen LogP contribution >= 0.6 is 0 Å². The third-order valence-electron chi connectivity index (χ3n) is 2.97. The number of nitrogens with one attached hydrogen (secondary N) is 1. The van der Waals surface area contributed by atoms with E-state index in [2.05, 4.69) is 48.1 Å². The maximum absolute atomic E-state index is 5.36. The number of morpholine rings is 1. The van der Waals surface area contributed by atoms with Crippen molar-refractivity contribution in [2.24, 2.45) is 0 Å². The molecule has 1 aromatic rings. The van der Waals surface area contributed by atoms with Gasteiger partial charge in [0, 0.05) is 31.4 Å². The zero-order valence-electron chi connectivity index (χ0n) is 11.6. The molecule has 4 heteroatoms. The van der Waals surface area contributed by atoms with Gasteiger partial charge >= 0.3 is 0 Å². The number of pyridine rings is 1. The Kier molecular flexibility index (Phi) is 4.19. The normalized spacial score (nSPS) is 16.9. The molecule has 0 saturated carbocycles. The zero-order chi connectivity index (χ0) is 13.0. The SMILES string of the molecule is CC(C)(C)NCc1ccnc(N2CCOCC2)c1. The van der Waals surface area contributed by atoms with Gasteiger partial charge < -0.3 is 15.0 Å². The van der Waals surface area contributed by atoms with Gasteiger partial charge in [0.25, 0.3) is 0 Å². The van der Waals surface area contributed by atoms with Gasteiger partial charge in [-0.1, -0.05) is 0 Å². The van der Waals surface area contributed by atoms with Crippen molar-refractivity contribution < 1.29 is 4.74 Å². The lowest BCUT2D eigenvalue weighted by molar-refractivity contribution is 0.122. The Morgan fingerprint density at radius 1 is 1.33 bits per heavy atom. The maximum atomic E-state index is 5.36. The summed E-state index contributed by atoms with van der Waals surface area (Å²) < 4.78 is 5.36. The summed E-state index contributed by atoms with van der Waals surface area (Å²) in [6.07, 6.45) is 1.89. The van der Waals surface area contributed by atoms with E-state index in [1.807, 2.05) is 6.20 Å². The van der Waals surface area contributed by atoms with Crippen molar-refractivity contribution in [3.05, 3.63) is 23.9 Å². The molecule has 1 aliphatic heterocycles. The van der Waals surface area contributed by atoms with Gasteiger partial charge in [-0.05, 0) is 38.5 Å². The number of hydrogen-bond acceptors (Lipinski definition) is 4. The van der Waals surface area contributed by atoms with E-state index in [9.17, 15) is 0 Å². The number of aromatic nitrogens is 1. The van der Waals surface area contributed by atoms with Crippen LogP contribution in [0.25, 0.3) is 0 Å². The Hall–Kier alpha value is -1.13. The quantitative estimate of drug-likeness (QED) is 0.886. The molecule has 0 aromatic carbocycles. The second-order valence-corrected chi connectivity index (χ2v) is 5.73. The summed E-state index contributed by atoms with van der Waals surface area (Å²) in [6, 6.07) is 4.24. The molecular weight excluding hydrogens is 226 g/mol. The summed E-state index contributed by atoms with van der Waals surface area (Å²) in [7, 11) is 0. The summed E-state index contributed by atoms with van der Waals surface area (Å²) >= 11 is 0. The van der Waals surface area contributed by atoms with E-state index >= 15 is 0 Å². The van der Waals surface area contributed by atoms with Gasteiger partial charge in [-0.15, -0.1) is 0 Å². The highest BCUT2D eigenvalue weighted by atomic mass is 16.5. The number of anilines is 1. The first kappa shape index (κ1) is 13.3. The molecule has 0 amide bonds. The minimum absolute atomic E-state index is 0.141. The van der Waals surface area contributed by atoms with Crippen molar-refractivity contribution in [3.63, 3.8) is 0 Å². The molecule has 2 rings (SSSR count). The molecule has 0 spiro atoms. The first-order valence-electron chi connectivity index (χ1n) is 6.57. The molecule has 0 radical (unpaired) electrons. The van der Waals surface area contributed by atoms with Crippen molar-refractivity contribution in [1.82, 2.24) is 10.3 Å². The van der Waals surface area contributed by atoms with Crippen LogP contribution in [0, 0.1) is 0 Å². The highest BCUT2D eigenvalue weighted by Gasteiger charge is 2.13. The van der Waals surface area contributed by atoms with Crippen LogP contribution in [0.1, 0.15) is 26.3 Å². The highest BCUT2D eigenvalue weighted by Crippen LogP contribution is 2.14. The molecular formula is C14H23N3O. The van der Waals surface area contributed by atoms with Gasteiger partial charge in [-0.2, -0.15) is 0 Å². The molecule has 1 saturated heterocycles. The lowest BCUT2D eigenvalue weighted by Gasteiger charge is -2.28. The third-order valence-corrected chi connectivity index (χ3v) is 2.97. The third kappa shape index (κ3) is 3.96. The van der Waals surface area contributed by atoms with Gasteiger partial charge in [0.15, 0.2) is 0 Å². The van der Waals surface area contributed by atoms with Crippen molar-refractivity contribution in [2.75, 3.05) is 31.2 Å². The van der Waals surface area contributed by atoms with Crippen LogP contribution in [0.3, 0.4) is 0 Å². The molecule has 4 nitrogen and oxygen atoms in total. The van der Waals surface area contributed by atoms with Crippen LogP contribution in [0.5, 0.6) is 0 Å². The van der Waals surface area contributed by atoms with Gasteiger partial charge in [-0.25, -0.2) is 4.98 Å². The van der Waals surface area contributed by atoms with E-state index in [4.69, 9.17) is 4.74 Å². The summed E-state index contributed by atoms with van der Waals surface area (Å²) in [5.74, 6) is 1.06. The lowest BCUT2D eigenvalue weighted by Crippen LogP contribution is -2.37. The number of nitrogens with zero attached hydrogens (tertiary/aromatic N) is 2. The predicted molar refractivity (Wildman–Crippen MR) is 73.9 cm³/mol.